The molecule has 2 rings (SSSR count). The van der Waals surface area contributed by atoms with Crippen LogP contribution in [0, 0.1) is 11.6 Å². The van der Waals surface area contributed by atoms with Crippen molar-refractivity contribution in [1.29, 1.82) is 0 Å². The molecule has 0 aliphatic heterocycles. The van der Waals surface area contributed by atoms with Gasteiger partial charge in [-0.05, 0) is 25.0 Å². The van der Waals surface area contributed by atoms with Crippen molar-refractivity contribution in [3.63, 3.8) is 0 Å². The fourth-order valence-electron chi connectivity index (χ4n) is 1.46. The Morgan fingerprint density at radius 1 is 1.22 bits per heavy atom. The largest absolute Gasteiger partial charge is 0.489 e. The predicted molar refractivity (Wildman–Crippen MR) is 59.5 cm³/mol. The lowest BCUT2D eigenvalue weighted by atomic mass is 9.80. The summed E-state index contributed by atoms with van der Waals surface area (Å²) >= 11 is 0. The number of nitrogens with one attached hydrogen (secondary N) is 1. The zero-order chi connectivity index (χ0) is 13.5. The maximum Gasteiger partial charge on any atom is 0.489 e. The predicted octanol–water partition coefficient (Wildman–Crippen LogP) is -0.915. The quantitative estimate of drug-likeness (QED) is 0.622. The van der Waals surface area contributed by atoms with E-state index in [0.717, 1.165) is 0 Å². The van der Waals surface area contributed by atoms with Crippen molar-refractivity contribution in [3.8, 4) is 0 Å². The first-order chi connectivity index (χ1) is 8.31. The Bertz CT molecular complexity index is 574. The lowest BCUT2D eigenvalue weighted by Crippen LogP contribution is -2.39. The standard InChI is InChI=1S/C9H10BF2NO4S/c11-7-3-6(10(14)15)9(4-8(7)12)18(16,17)13-5-1-2-5/h3-5,13-15H,1-2H2. The summed E-state index contributed by atoms with van der Waals surface area (Å²) in [4.78, 5) is -0.664. The lowest BCUT2D eigenvalue weighted by molar-refractivity contribution is 0.423. The number of rotatable bonds is 4. The topological polar surface area (TPSA) is 86.6 Å². The summed E-state index contributed by atoms with van der Waals surface area (Å²) in [5.74, 6) is -2.71. The Labute approximate surface area is 103 Å². The van der Waals surface area contributed by atoms with Gasteiger partial charge in [0.05, 0.1) is 4.90 Å². The monoisotopic (exact) mass is 277 g/mol. The first kappa shape index (κ1) is 13.4. The molecular formula is C9H10BF2NO4S. The summed E-state index contributed by atoms with van der Waals surface area (Å²) < 4.78 is 52.0. The smallest absolute Gasteiger partial charge is 0.423 e. The molecule has 0 heterocycles. The summed E-state index contributed by atoms with van der Waals surface area (Å²) in [7, 11) is -6.29. The molecule has 1 aliphatic rings. The number of sulfonamides is 1. The van der Waals surface area contributed by atoms with Crippen LogP contribution in [0.5, 0.6) is 0 Å². The second kappa shape index (κ2) is 4.58. The molecule has 9 heteroatoms. The molecule has 18 heavy (non-hydrogen) atoms. The molecule has 1 saturated carbocycles. The molecular weight excluding hydrogens is 267 g/mol. The third-order valence-electron chi connectivity index (χ3n) is 2.52. The molecule has 1 aliphatic carbocycles. The summed E-state index contributed by atoms with van der Waals surface area (Å²) in [6, 6.07) is 0.669. The minimum Gasteiger partial charge on any atom is -0.423 e. The average Bonchev–Trinajstić information content (AvgIpc) is 3.04. The third kappa shape index (κ3) is 2.69. The summed E-state index contributed by atoms with van der Waals surface area (Å²) in [5, 5.41) is 18.0. The van der Waals surface area contributed by atoms with Gasteiger partial charge in [-0.3, -0.25) is 0 Å². The van der Waals surface area contributed by atoms with Crippen molar-refractivity contribution >= 4 is 22.6 Å². The molecule has 0 atom stereocenters. The number of benzene rings is 1. The fourth-order valence-corrected chi connectivity index (χ4v) is 3.00. The maximum absolute atomic E-state index is 13.1. The minimum absolute atomic E-state index is 0.230. The van der Waals surface area contributed by atoms with E-state index in [0.29, 0.717) is 25.0 Å². The van der Waals surface area contributed by atoms with Crippen molar-refractivity contribution in [1.82, 2.24) is 4.72 Å². The van der Waals surface area contributed by atoms with Crippen molar-refractivity contribution in [2.24, 2.45) is 0 Å². The number of hydrogen-bond acceptors (Lipinski definition) is 4. The Morgan fingerprint density at radius 3 is 2.28 bits per heavy atom. The first-order valence-corrected chi connectivity index (χ1v) is 6.67. The Kier molecular flexibility index (Phi) is 3.41. The van der Waals surface area contributed by atoms with Gasteiger partial charge in [0.1, 0.15) is 0 Å². The summed E-state index contributed by atoms with van der Waals surface area (Å²) in [5.41, 5.74) is -0.595. The van der Waals surface area contributed by atoms with Gasteiger partial charge in [0.15, 0.2) is 11.6 Å². The fraction of sp³-hybridized carbons (Fsp3) is 0.333. The van der Waals surface area contributed by atoms with Crippen LogP contribution in [0.15, 0.2) is 17.0 Å². The molecule has 5 nitrogen and oxygen atoms in total. The molecule has 1 fully saturated rings. The van der Waals surface area contributed by atoms with Gasteiger partial charge in [-0.15, -0.1) is 0 Å². The van der Waals surface area contributed by atoms with Crippen LogP contribution < -0.4 is 10.2 Å². The van der Waals surface area contributed by atoms with E-state index in [9.17, 15) is 17.2 Å². The van der Waals surface area contributed by atoms with Crippen LogP contribution in [0.1, 0.15) is 12.8 Å². The number of hydrogen-bond donors (Lipinski definition) is 3. The van der Waals surface area contributed by atoms with Crippen LogP contribution in [0.4, 0.5) is 8.78 Å². The SMILES string of the molecule is O=S(=O)(NC1CC1)c1cc(F)c(F)cc1B(O)O. The van der Waals surface area contributed by atoms with Gasteiger partial charge < -0.3 is 10.0 Å². The molecule has 0 radical (unpaired) electrons. The minimum atomic E-state index is -4.09. The highest BCUT2D eigenvalue weighted by Gasteiger charge is 2.32. The second-order valence-electron chi connectivity index (χ2n) is 4.07. The van der Waals surface area contributed by atoms with Crippen molar-refractivity contribution in [2.75, 3.05) is 0 Å². The Morgan fingerprint density at radius 2 is 1.78 bits per heavy atom. The van der Waals surface area contributed by atoms with E-state index in [1.807, 2.05) is 0 Å². The summed E-state index contributed by atoms with van der Waals surface area (Å²) in [6.07, 6.45) is 1.33. The van der Waals surface area contributed by atoms with Gasteiger partial charge in [0.25, 0.3) is 0 Å². The van der Waals surface area contributed by atoms with Gasteiger partial charge in [-0.25, -0.2) is 21.9 Å². The molecule has 0 amide bonds. The van der Waals surface area contributed by atoms with Gasteiger partial charge in [-0.2, -0.15) is 0 Å². The molecule has 1 aromatic carbocycles. The zero-order valence-corrected chi connectivity index (χ0v) is 9.92. The summed E-state index contributed by atoms with van der Waals surface area (Å²) in [6.45, 7) is 0. The van der Waals surface area contributed by atoms with Crippen molar-refractivity contribution in [3.05, 3.63) is 23.8 Å². The molecule has 1 aromatic rings. The van der Waals surface area contributed by atoms with E-state index in [-0.39, 0.29) is 6.04 Å². The van der Waals surface area contributed by atoms with E-state index in [1.165, 1.54) is 0 Å². The number of halogens is 2. The highest BCUT2D eigenvalue weighted by Crippen LogP contribution is 2.22. The van der Waals surface area contributed by atoms with Gasteiger partial charge >= 0.3 is 7.12 Å². The van der Waals surface area contributed by atoms with Gasteiger partial charge in [0, 0.05) is 11.5 Å². The maximum atomic E-state index is 13.1. The molecule has 0 spiro atoms. The molecule has 0 aromatic heterocycles. The van der Waals surface area contributed by atoms with Crippen LogP contribution in [-0.4, -0.2) is 31.6 Å². The highest BCUT2D eigenvalue weighted by atomic mass is 32.2. The average molecular weight is 277 g/mol. The molecule has 0 unspecified atom stereocenters. The van der Waals surface area contributed by atoms with Gasteiger partial charge in [0.2, 0.25) is 10.0 Å². The van der Waals surface area contributed by atoms with E-state index in [1.54, 1.807) is 0 Å². The van der Waals surface area contributed by atoms with Crippen molar-refractivity contribution < 1.29 is 27.2 Å². The van der Waals surface area contributed by atoms with Gasteiger partial charge in [-0.1, -0.05) is 0 Å². The molecule has 98 valence electrons. The van der Waals surface area contributed by atoms with Crippen LogP contribution >= 0.6 is 0 Å². The van der Waals surface area contributed by atoms with Crippen molar-refractivity contribution in [2.45, 2.75) is 23.8 Å². The highest BCUT2D eigenvalue weighted by molar-refractivity contribution is 7.89. The third-order valence-corrected chi connectivity index (χ3v) is 4.10. The Hall–Kier alpha value is -1.03. The molecule has 3 N–H and O–H groups in total. The van der Waals surface area contributed by atoms with E-state index < -0.39 is 39.1 Å². The molecule has 0 bridgehead atoms. The van der Waals surface area contributed by atoms with E-state index in [2.05, 4.69) is 4.72 Å². The van der Waals surface area contributed by atoms with Crippen LogP contribution in [-0.2, 0) is 10.0 Å². The zero-order valence-electron chi connectivity index (χ0n) is 9.10. The van der Waals surface area contributed by atoms with Crippen LogP contribution in [0.25, 0.3) is 0 Å². The second-order valence-corrected chi connectivity index (χ2v) is 5.76. The normalized spacial score (nSPS) is 15.8. The van der Waals surface area contributed by atoms with E-state index >= 15 is 0 Å². The first-order valence-electron chi connectivity index (χ1n) is 5.18. The Balaban J connectivity index is 2.50. The van der Waals surface area contributed by atoms with Crippen LogP contribution in [0.3, 0.4) is 0 Å². The lowest BCUT2D eigenvalue weighted by Gasteiger charge is -2.11. The molecule has 0 saturated heterocycles. The van der Waals surface area contributed by atoms with E-state index in [4.69, 9.17) is 10.0 Å². The van der Waals surface area contributed by atoms with Crippen LogP contribution in [0.2, 0.25) is 0 Å².